The third-order valence-electron chi connectivity index (χ3n) is 5.70. The summed E-state index contributed by atoms with van der Waals surface area (Å²) in [4.78, 5) is 14.0. The topological polar surface area (TPSA) is 17.1 Å². The van der Waals surface area contributed by atoms with Crippen LogP contribution in [-0.2, 0) is 4.79 Å². The largest absolute Gasteiger partial charge is 0.286 e. The van der Waals surface area contributed by atoms with Crippen molar-refractivity contribution in [1.82, 2.24) is 0 Å². The maximum Gasteiger partial charge on any atom is 0.199 e. The molecule has 0 spiro atoms. The predicted molar refractivity (Wildman–Crippen MR) is 82.6 cm³/mol. The highest BCUT2D eigenvalue weighted by Gasteiger charge is 2.54. The van der Waals surface area contributed by atoms with Crippen LogP contribution >= 0.6 is 11.8 Å². The second-order valence-electron chi connectivity index (χ2n) is 7.40. The lowest BCUT2D eigenvalue weighted by Gasteiger charge is -2.55. The standard InChI is InChI=1S/C18H22OS/c1-12-2-4-16(5-3-12)20-17(19)18-9-13-6-14(10-18)8-15(7-13)11-18/h2-5,13-15H,6-11H2,1H3. The van der Waals surface area contributed by atoms with Gasteiger partial charge in [-0.3, -0.25) is 4.79 Å². The molecule has 0 atom stereocenters. The quantitative estimate of drug-likeness (QED) is 0.724. The molecule has 4 aliphatic rings. The Morgan fingerprint density at radius 2 is 1.50 bits per heavy atom. The Kier molecular flexibility index (Phi) is 2.99. The van der Waals surface area contributed by atoms with Crippen molar-refractivity contribution in [1.29, 1.82) is 0 Å². The Morgan fingerprint density at radius 3 is 2.00 bits per heavy atom. The second-order valence-corrected chi connectivity index (χ2v) is 8.45. The van der Waals surface area contributed by atoms with Crippen LogP contribution in [0.2, 0.25) is 0 Å². The van der Waals surface area contributed by atoms with Crippen LogP contribution in [0.25, 0.3) is 0 Å². The van der Waals surface area contributed by atoms with Crippen LogP contribution < -0.4 is 0 Å². The molecule has 4 saturated carbocycles. The van der Waals surface area contributed by atoms with E-state index in [-0.39, 0.29) is 5.41 Å². The number of hydrogen-bond acceptors (Lipinski definition) is 2. The molecule has 0 heterocycles. The van der Waals surface area contributed by atoms with Crippen molar-refractivity contribution in [2.45, 2.75) is 50.3 Å². The molecule has 4 bridgehead atoms. The van der Waals surface area contributed by atoms with Crippen LogP contribution in [0.1, 0.15) is 44.1 Å². The lowest BCUT2D eigenvalue weighted by molar-refractivity contribution is -0.134. The second kappa shape index (κ2) is 4.62. The SMILES string of the molecule is Cc1ccc(SC(=O)C23CC4CC(CC(C4)C2)C3)cc1. The third kappa shape index (κ3) is 2.13. The number of benzene rings is 1. The molecule has 4 fully saturated rings. The highest BCUT2D eigenvalue weighted by Crippen LogP contribution is 2.61. The van der Waals surface area contributed by atoms with Gasteiger partial charge in [-0.1, -0.05) is 29.5 Å². The van der Waals surface area contributed by atoms with E-state index in [1.807, 2.05) is 0 Å². The molecule has 20 heavy (non-hydrogen) atoms. The minimum atomic E-state index is 0.0320. The Labute approximate surface area is 125 Å². The van der Waals surface area contributed by atoms with Crippen molar-refractivity contribution in [2.24, 2.45) is 23.2 Å². The molecule has 4 aliphatic carbocycles. The van der Waals surface area contributed by atoms with Gasteiger partial charge in [0.05, 0.1) is 0 Å². The van der Waals surface area contributed by atoms with Gasteiger partial charge in [-0.2, -0.15) is 0 Å². The Morgan fingerprint density at radius 1 is 1.00 bits per heavy atom. The summed E-state index contributed by atoms with van der Waals surface area (Å²) in [5, 5.41) is 0.459. The first-order chi connectivity index (χ1) is 9.63. The summed E-state index contributed by atoms with van der Waals surface area (Å²) in [6.07, 6.45) is 7.75. The minimum Gasteiger partial charge on any atom is -0.286 e. The summed E-state index contributed by atoms with van der Waals surface area (Å²) in [6, 6.07) is 8.40. The highest BCUT2D eigenvalue weighted by atomic mass is 32.2. The summed E-state index contributed by atoms with van der Waals surface area (Å²) in [6.45, 7) is 2.09. The van der Waals surface area contributed by atoms with Gasteiger partial charge in [0.25, 0.3) is 0 Å². The third-order valence-corrected chi connectivity index (χ3v) is 6.83. The monoisotopic (exact) mass is 286 g/mol. The average Bonchev–Trinajstić information content (AvgIpc) is 2.40. The first kappa shape index (κ1) is 12.9. The van der Waals surface area contributed by atoms with Gasteiger partial charge < -0.3 is 0 Å². The molecule has 1 aromatic rings. The molecule has 0 amide bonds. The van der Waals surface area contributed by atoms with Gasteiger partial charge in [-0.15, -0.1) is 0 Å². The first-order valence-corrected chi connectivity index (χ1v) is 8.74. The van der Waals surface area contributed by atoms with Crippen molar-refractivity contribution in [3.63, 3.8) is 0 Å². The van der Waals surface area contributed by atoms with Gasteiger partial charge in [0.1, 0.15) is 0 Å². The fourth-order valence-corrected chi connectivity index (χ4v) is 6.13. The van der Waals surface area contributed by atoms with Crippen molar-refractivity contribution in [3.05, 3.63) is 29.8 Å². The molecule has 5 rings (SSSR count). The van der Waals surface area contributed by atoms with E-state index < -0.39 is 0 Å². The van der Waals surface area contributed by atoms with Crippen LogP contribution in [0.5, 0.6) is 0 Å². The van der Waals surface area contributed by atoms with Gasteiger partial charge in [-0.05, 0) is 75.3 Å². The van der Waals surface area contributed by atoms with Crippen LogP contribution in [0.15, 0.2) is 29.2 Å². The zero-order chi connectivity index (χ0) is 13.7. The summed E-state index contributed by atoms with van der Waals surface area (Å²) in [5.41, 5.74) is 1.29. The molecule has 0 unspecified atom stereocenters. The Bertz CT molecular complexity index is 496. The zero-order valence-electron chi connectivity index (χ0n) is 12.1. The van der Waals surface area contributed by atoms with E-state index in [4.69, 9.17) is 0 Å². The first-order valence-electron chi connectivity index (χ1n) is 7.92. The number of hydrogen-bond donors (Lipinski definition) is 0. The summed E-state index contributed by atoms with van der Waals surface area (Å²) < 4.78 is 0. The number of carbonyl (C=O) groups excluding carboxylic acids is 1. The van der Waals surface area contributed by atoms with Crippen molar-refractivity contribution in [3.8, 4) is 0 Å². The fourth-order valence-electron chi connectivity index (χ4n) is 5.18. The summed E-state index contributed by atoms with van der Waals surface area (Å²) in [5.74, 6) is 2.55. The van der Waals surface area contributed by atoms with Crippen LogP contribution in [0.3, 0.4) is 0 Å². The molecular formula is C18H22OS. The molecule has 0 aromatic heterocycles. The number of carbonyl (C=O) groups is 1. The predicted octanol–water partition coefficient (Wildman–Crippen LogP) is 4.83. The molecule has 0 saturated heterocycles. The maximum absolute atomic E-state index is 12.9. The average molecular weight is 286 g/mol. The van der Waals surface area contributed by atoms with E-state index in [0.717, 1.165) is 22.6 Å². The molecule has 0 N–H and O–H groups in total. The summed E-state index contributed by atoms with van der Waals surface area (Å²) in [7, 11) is 0. The fraction of sp³-hybridized carbons (Fsp3) is 0.611. The van der Waals surface area contributed by atoms with E-state index in [1.165, 1.54) is 55.9 Å². The highest BCUT2D eigenvalue weighted by molar-refractivity contribution is 8.13. The lowest BCUT2D eigenvalue weighted by Crippen LogP contribution is -2.49. The molecule has 106 valence electrons. The molecule has 2 heteroatoms. The molecule has 1 aromatic carbocycles. The normalized spacial score (nSPS) is 38.1. The van der Waals surface area contributed by atoms with Crippen molar-refractivity contribution < 1.29 is 4.79 Å². The van der Waals surface area contributed by atoms with E-state index in [1.54, 1.807) is 0 Å². The smallest absolute Gasteiger partial charge is 0.199 e. The van der Waals surface area contributed by atoms with Gasteiger partial charge in [-0.25, -0.2) is 0 Å². The summed E-state index contributed by atoms with van der Waals surface area (Å²) >= 11 is 1.50. The Balaban J connectivity index is 1.54. The lowest BCUT2D eigenvalue weighted by atomic mass is 9.50. The van der Waals surface area contributed by atoms with E-state index >= 15 is 0 Å². The zero-order valence-corrected chi connectivity index (χ0v) is 12.9. The van der Waals surface area contributed by atoms with E-state index in [2.05, 4.69) is 31.2 Å². The maximum atomic E-state index is 12.9. The van der Waals surface area contributed by atoms with Crippen LogP contribution in [0.4, 0.5) is 0 Å². The van der Waals surface area contributed by atoms with Gasteiger partial charge in [0, 0.05) is 10.3 Å². The number of rotatable bonds is 2. The van der Waals surface area contributed by atoms with Gasteiger partial charge >= 0.3 is 0 Å². The minimum absolute atomic E-state index is 0.0320. The number of aryl methyl sites for hydroxylation is 1. The van der Waals surface area contributed by atoms with E-state index in [9.17, 15) is 4.79 Å². The van der Waals surface area contributed by atoms with Crippen molar-refractivity contribution >= 4 is 16.9 Å². The Hall–Kier alpha value is -0.760. The van der Waals surface area contributed by atoms with E-state index in [0.29, 0.717) is 5.12 Å². The molecule has 0 aliphatic heterocycles. The molecular weight excluding hydrogens is 264 g/mol. The number of thioether (sulfide) groups is 1. The van der Waals surface area contributed by atoms with Crippen molar-refractivity contribution in [2.75, 3.05) is 0 Å². The molecule has 0 radical (unpaired) electrons. The van der Waals surface area contributed by atoms with Gasteiger partial charge in [0.2, 0.25) is 0 Å². The molecule has 1 nitrogen and oxygen atoms in total. The van der Waals surface area contributed by atoms with Crippen LogP contribution in [-0.4, -0.2) is 5.12 Å². The van der Waals surface area contributed by atoms with Crippen LogP contribution in [0, 0.1) is 30.1 Å². The van der Waals surface area contributed by atoms with Gasteiger partial charge in [0.15, 0.2) is 5.12 Å².